The smallest absolute Gasteiger partial charge is 0.188 e. The van der Waals surface area contributed by atoms with Crippen LogP contribution < -0.4 is 11.1 Å². The number of nitrogens with zero attached hydrogens (tertiary/aromatic N) is 1. The van der Waals surface area contributed by atoms with Crippen molar-refractivity contribution in [3.05, 3.63) is 0 Å². The average molecular weight is 225 g/mol. The molecular formula is C12H23N3O. The van der Waals surface area contributed by atoms with Gasteiger partial charge in [0, 0.05) is 11.5 Å². The number of hydrogen-bond donors (Lipinski definition) is 3. The molecule has 0 radical (unpaired) electrons. The van der Waals surface area contributed by atoms with Gasteiger partial charge in [-0.25, -0.2) is 0 Å². The highest BCUT2D eigenvalue weighted by molar-refractivity contribution is 5.78. The molecular weight excluding hydrogens is 202 g/mol. The predicted octanol–water partition coefficient (Wildman–Crippen LogP) is 0.996. The third kappa shape index (κ3) is 2.67. The Bertz CT molecular complexity index is 255. The molecule has 0 aromatic rings. The molecule has 2 fully saturated rings. The van der Waals surface area contributed by atoms with E-state index in [9.17, 15) is 5.11 Å². The van der Waals surface area contributed by atoms with Crippen LogP contribution in [-0.2, 0) is 0 Å². The highest BCUT2D eigenvalue weighted by Gasteiger charge is 2.33. The molecule has 0 atom stereocenters. The summed E-state index contributed by atoms with van der Waals surface area (Å²) in [5.41, 5.74) is 5.85. The topological polar surface area (TPSA) is 70.6 Å². The summed E-state index contributed by atoms with van der Waals surface area (Å²) in [5.74, 6) is 0.560. The summed E-state index contributed by atoms with van der Waals surface area (Å²) in [6, 6.07) is 0.539. The van der Waals surface area contributed by atoms with Crippen LogP contribution in [0.4, 0.5) is 0 Å². The van der Waals surface area contributed by atoms with Crippen LogP contribution in [0, 0.1) is 5.41 Å². The summed E-state index contributed by atoms with van der Waals surface area (Å²) in [6.45, 7) is 0.919. The first-order valence-electron chi connectivity index (χ1n) is 6.41. The van der Waals surface area contributed by atoms with Gasteiger partial charge in [0.15, 0.2) is 5.96 Å². The van der Waals surface area contributed by atoms with E-state index in [4.69, 9.17) is 5.73 Å². The van der Waals surface area contributed by atoms with Crippen LogP contribution in [0.1, 0.15) is 44.9 Å². The largest absolute Gasteiger partial charge is 0.396 e. The Hall–Kier alpha value is -0.770. The third-order valence-corrected chi connectivity index (χ3v) is 4.04. The molecule has 4 N–H and O–H groups in total. The third-order valence-electron chi connectivity index (χ3n) is 4.04. The standard InChI is InChI=1S/C12H23N3O/c13-11(15-10-4-3-5-10)14-8-12(9-16)6-1-2-7-12/h10,16H,1-9H2,(H3,13,14,15). The van der Waals surface area contributed by atoms with Gasteiger partial charge in [-0.05, 0) is 32.1 Å². The zero-order valence-electron chi connectivity index (χ0n) is 9.91. The van der Waals surface area contributed by atoms with E-state index < -0.39 is 0 Å². The van der Waals surface area contributed by atoms with Gasteiger partial charge in [-0.15, -0.1) is 0 Å². The number of nitrogens with one attached hydrogen (secondary N) is 1. The highest BCUT2D eigenvalue weighted by atomic mass is 16.3. The first-order valence-corrected chi connectivity index (χ1v) is 6.41. The maximum absolute atomic E-state index is 9.44. The molecule has 92 valence electrons. The summed E-state index contributed by atoms with van der Waals surface area (Å²) in [6.07, 6.45) is 8.32. The fourth-order valence-electron chi connectivity index (χ4n) is 2.55. The number of guanidine groups is 1. The lowest BCUT2D eigenvalue weighted by Gasteiger charge is -2.28. The van der Waals surface area contributed by atoms with E-state index in [-0.39, 0.29) is 12.0 Å². The lowest BCUT2D eigenvalue weighted by Crippen LogP contribution is -2.44. The van der Waals surface area contributed by atoms with Gasteiger partial charge in [-0.2, -0.15) is 0 Å². The Kier molecular flexibility index (Phi) is 3.69. The summed E-state index contributed by atoms with van der Waals surface area (Å²) < 4.78 is 0. The fraction of sp³-hybridized carbons (Fsp3) is 0.917. The molecule has 4 nitrogen and oxygen atoms in total. The molecule has 16 heavy (non-hydrogen) atoms. The van der Waals surface area contributed by atoms with E-state index in [1.54, 1.807) is 0 Å². The predicted molar refractivity (Wildman–Crippen MR) is 65.3 cm³/mol. The molecule has 2 aliphatic carbocycles. The zero-order chi connectivity index (χ0) is 11.4. The molecule has 0 amide bonds. The molecule has 4 heteroatoms. The normalized spacial score (nSPS) is 25.4. The van der Waals surface area contributed by atoms with Gasteiger partial charge in [0.25, 0.3) is 0 Å². The van der Waals surface area contributed by atoms with Gasteiger partial charge in [0.2, 0.25) is 0 Å². The van der Waals surface area contributed by atoms with E-state index in [0.717, 1.165) is 12.8 Å². The Labute approximate surface area is 97.3 Å². The van der Waals surface area contributed by atoms with Crippen molar-refractivity contribution in [3.63, 3.8) is 0 Å². The second kappa shape index (κ2) is 5.04. The molecule has 2 rings (SSSR count). The summed E-state index contributed by atoms with van der Waals surface area (Å²) in [7, 11) is 0. The number of nitrogens with two attached hydrogens (primary N) is 1. The van der Waals surface area contributed by atoms with Gasteiger partial charge in [-0.3, -0.25) is 4.99 Å². The van der Waals surface area contributed by atoms with Crippen molar-refractivity contribution in [2.24, 2.45) is 16.1 Å². The van der Waals surface area contributed by atoms with Crippen molar-refractivity contribution in [3.8, 4) is 0 Å². The SMILES string of the molecule is NC(=NCC1(CO)CCCC1)NC1CCC1. The molecule has 0 aliphatic heterocycles. The van der Waals surface area contributed by atoms with Gasteiger partial charge < -0.3 is 16.2 Å². The van der Waals surface area contributed by atoms with Gasteiger partial charge in [-0.1, -0.05) is 12.8 Å². The molecule has 0 unspecified atom stereocenters. The van der Waals surface area contributed by atoms with Crippen LogP contribution in [0.5, 0.6) is 0 Å². The minimum absolute atomic E-state index is 0.0198. The van der Waals surface area contributed by atoms with Crippen LogP contribution >= 0.6 is 0 Å². The average Bonchev–Trinajstić information content (AvgIpc) is 2.70. The second-order valence-electron chi connectivity index (χ2n) is 5.34. The minimum Gasteiger partial charge on any atom is -0.396 e. The number of aliphatic imine (C=N–C) groups is 1. The van der Waals surface area contributed by atoms with Crippen LogP contribution in [0.15, 0.2) is 4.99 Å². The highest BCUT2D eigenvalue weighted by Crippen LogP contribution is 2.37. The van der Waals surface area contributed by atoms with Crippen molar-refractivity contribution < 1.29 is 5.11 Å². The summed E-state index contributed by atoms with van der Waals surface area (Å²) in [5, 5.41) is 12.7. The van der Waals surface area contributed by atoms with E-state index >= 15 is 0 Å². The van der Waals surface area contributed by atoms with Crippen molar-refractivity contribution >= 4 is 5.96 Å². The Morgan fingerprint density at radius 2 is 2.00 bits per heavy atom. The van der Waals surface area contributed by atoms with E-state index in [2.05, 4.69) is 10.3 Å². The lowest BCUT2D eigenvalue weighted by molar-refractivity contribution is 0.138. The first kappa shape index (κ1) is 11.7. The number of rotatable bonds is 4. The zero-order valence-corrected chi connectivity index (χ0v) is 9.91. The van der Waals surface area contributed by atoms with Crippen molar-refractivity contribution in [2.45, 2.75) is 51.0 Å². The number of hydrogen-bond acceptors (Lipinski definition) is 2. The van der Waals surface area contributed by atoms with Gasteiger partial charge in [0.1, 0.15) is 0 Å². The van der Waals surface area contributed by atoms with E-state index in [1.807, 2.05) is 0 Å². The summed E-state index contributed by atoms with van der Waals surface area (Å²) in [4.78, 5) is 4.39. The maximum Gasteiger partial charge on any atom is 0.188 e. The molecule has 0 saturated heterocycles. The van der Waals surface area contributed by atoms with Crippen LogP contribution in [-0.4, -0.2) is 30.3 Å². The molecule has 0 aromatic carbocycles. The van der Waals surface area contributed by atoms with Crippen LogP contribution in [0.25, 0.3) is 0 Å². The van der Waals surface area contributed by atoms with Gasteiger partial charge in [0.05, 0.1) is 13.2 Å². The van der Waals surface area contributed by atoms with Crippen LogP contribution in [0.2, 0.25) is 0 Å². The quantitative estimate of drug-likeness (QED) is 0.494. The van der Waals surface area contributed by atoms with Crippen molar-refractivity contribution in [1.29, 1.82) is 0 Å². The van der Waals surface area contributed by atoms with Crippen molar-refractivity contribution in [2.75, 3.05) is 13.2 Å². The summed E-state index contributed by atoms with van der Waals surface area (Å²) >= 11 is 0. The fourth-order valence-corrected chi connectivity index (χ4v) is 2.55. The number of aliphatic hydroxyl groups excluding tert-OH is 1. The minimum atomic E-state index is 0.0198. The molecule has 0 heterocycles. The first-order chi connectivity index (χ1) is 7.74. The Morgan fingerprint density at radius 3 is 2.50 bits per heavy atom. The van der Waals surface area contributed by atoms with Crippen molar-refractivity contribution in [1.82, 2.24) is 5.32 Å². The maximum atomic E-state index is 9.44. The Balaban J connectivity index is 1.80. The lowest BCUT2D eigenvalue weighted by atomic mass is 9.87. The molecule has 0 aromatic heterocycles. The molecule has 0 bridgehead atoms. The molecule has 0 spiro atoms. The number of aliphatic hydroxyl groups is 1. The van der Waals surface area contributed by atoms with E-state index in [1.165, 1.54) is 32.1 Å². The van der Waals surface area contributed by atoms with E-state index in [0.29, 0.717) is 18.5 Å². The van der Waals surface area contributed by atoms with Gasteiger partial charge >= 0.3 is 0 Å². The second-order valence-corrected chi connectivity index (χ2v) is 5.34. The van der Waals surface area contributed by atoms with Crippen LogP contribution in [0.3, 0.4) is 0 Å². The molecule has 2 aliphatic rings. The molecule has 2 saturated carbocycles. The Morgan fingerprint density at radius 1 is 1.31 bits per heavy atom. The monoisotopic (exact) mass is 225 g/mol.